The molecule has 1 saturated carbocycles. The maximum Gasteiger partial charge on any atom is 0.0459 e. The highest BCUT2D eigenvalue weighted by Crippen LogP contribution is 2.36. The number of hydrogen-bond donors (Lipinski definition) is 3. The summed E-state index contributed by atoms with van der Waals surface area (Å²) in [5, 5.41) is 26.9. The van der Waals surface area contributed by atoms with Gasteiger partial charge in [0.1, 0.15) is 0 Å². The van der Waals surface area contributed by atoms with E-state index in [-0.39, 0.29) is 19.8 Å². The van der Waals surface area contributed by atoms with Gasteiger partial charge in [-0.2, -0.15) is 0 Å². The van der Waals surface area contributed by atoms with E-state index in [1.807, 2.05) is 0 Å². The predicted molar refractivity (Wildman–Crippen MR) is 59.4 cm³/mol. The van der Waals surface area contributed by atoms with Gasteiger partial charge in [-0.15, -0.1) is 0 Å². The Labute approximate surface area is 92.1 Å². The third-order valence-corrected chi connectivity index (χ3v) is 3.57. The van der Waals surface area contributed by atoms with Gasteiger partial charge in [0.25, 0.3) is 0 Å². The van der Waals surface area contributed by atoms with Crippen LogP contribution in [0.2, 0.25) is 0 Å². The van der Waals surface area contributed by atoms with Gasteiger partial charge in [-0.3, -0.25) is 0 Å². The lowest BCUT2D eigenvalue weighted by Crippen LogP contribution is -2.25. The lowest BCUT2D eigenvalue weighted by Gasteiger charge is -2.34. The molecule has 0 saturated heterocycles. The summed E-state index contributed by atoms with van der Waals surface area (Å²) in [4.78, 5) is 0. The Hall–Kier alpha value is -0.120. The Morgan fingerprint density at radius 2 is 1.33 bits per heavy atom. The summed E-state index contributed by atoms with van der Waals surface area (Å²) in [5.74, 6) is 1.63. The van der Waals surface area contributed by atoms with E-state index in [4.69, 9.17) is 10.2 Å². The molecule has 0 heterocycles. The van der Waals surface area contributed by atoms with Crippen LogP contribution in [0, 0.1) is 17.8 Å². The summed E-state index contributed by atoms with van der Waals surface area (Å²) in [6.45, 7) is 0.804. The second kappa shape index (κ2) is 7.20. The molecular formula is C12H24O3. The molecule has 3 nitrogen and oxygen atoms in total. The molecule has 0 spiro atoms. The first-order valence-corrected chi connectivity index (χ1v) is 6.12. The first-order chi connectivity index (χ1) is 7.30. The molecule has 0 radical (unpaired) electrons. The zero-order valence-corrected chi connectivity index (χ0v) is 9.44. The fourth-order valence-electron chi connectivity index (χ4n) is 2.89. The minimum absolute atomic E-state index is 0.259. The summed E-state index contributed by atoms with van der Waals surface area (Å²) in [6, 6.07) is 0. The van der Waals surface area contributed by atoms with E-state index in [2.05, 4.69) is 0 Å². The van der Waals surface area contributed by atoms with Crippen LogP contribution in [0.15, 0.2) is 0 Å². The van der Waals surface area contributed by atoms with Gasteiger partial charge in [0.15, 0.2) is 0 Å². The first kappa shape index (κ1) is 12.9. The van der Waals surface area contributed by atoms with Gasteiger partial charge in [0.05, 0.1) is 0 Å². The van der Waals surface area contributed by atoms with Crippen LogP contribution < -0.4 is 0 Å². The zero-order chi connectivity index (χ0) is 11.1. The fourth-order valence-corrected chi connectivity index (χ4v) is 2.89. The lowest BCUT2D eigenvalue weighted by molar-refractivity contribution is 0.103. The molecule has 0 unspecified atom stereocenters. The quantitative estimate of drug-likeness (QED) is 0.624. The van der Waals surface area contributed by atoms with E-state index >= 15 is 0 Å². The molecule has 0 aliphatic heterocycles. The molecule has 90 valence electrons. The molecule has 0 aromatic rings. The van der Waals surface area contributed by atoms with E-state index in [9.17, 15) is 5.11 Å². The molecule has 0 bridgehead atoms. The summed E-state index contributed by atoms with van der Waals surface area (Å²) >= 11 is 0. The maximum absolute atomic E-state index is 9.21. The summed E-state index contributed by atoms with van der Waals surface area (Å²) in [5.41, 5.74) is 0. The monoisotopic (exact) mass is 216 g/mol. The third kappa shape index (κ3) is 4.49. The van der Waals surface area contributed by atoms with Crippen molar-refractivity contribution in [1.82, 2.24) is 0 Å². The van der Waals surface area contributed by atoms with Gasteiger partial charge in [0, 0.05) is 19.8 Å². The SMILES string of the molecule is OCCC[C@H]1C[C@@H](CO)C[C@@H](CCO)C1. The van der Waals surface area contributed by atoms with Gasteiger partial charge >= 0.3 is 0 Å². The van der Waals surface area contributed by atoms with Crippen LogP contribution in [0.3, 0.4) is 0 Å². The van der Waals surface area contributed by atoms with Gasteiger partial charge in [0.2, 0.25) is 0 Å². The largest absolute Gasteiger partial charge is 0.396 e. The Morgan fingerprint density at radius 3 is 1.87 bits per heavy atom. The third-order valence-electron chi connectivity index (χ3n) is 3.57. The van der Waals surface area contributed by atoms with Crippen molar-refractivity contribution < 1.29 is 15.3 Å². The molecule has 1 aliphatic carbocycles. The molecule has 1 fully saturated rings. The minimum Gasteiger partial charge on any atom is -0.396 e. The average molecular weight is 216 g/mol. The molecule has 3 heteroatoms. The van der Waals surface area contributed by atoms with Crippen molar-refractivity contribution in [3.05, 3.63) is 0 Å². The van der Waals surface area contributed by atoms with Crippen LogP contribution in [0.4, 0.5) is 0 Å². The smallest absolute Gasteiger partial charge is 0.0459 e. The van der Waals surface area contributed by atoms with Crippen LogP contribution >= 0.6 is 0 Å². The van der Waals surface area contributed by atoms with Crippen molar-refractivity contribution in [2.45, 2.75) is 38.5 Å². The Bertz CT molecular complexity index is 161. The second-order valence-electron chi connectivity index (χ2n) is 4.87. The van der Waals surface area contributed by atoms with Crippen LogP contribution in [0.1, 0.15) is 38.5 Å². The standard InChI is InChI=1S/C12H24O3/c13-4-1-2-10-6-11(3-5-14)8-12(7-10)9-15/h10-15H,1-9H2/t10-,11+,12-/m1/s1. The molecule has 0 aromatic heterocycles. The van der Waals surface area contributed by atoms with E-state index in [1.54, 1.807) is 0 Å². The van der Waals surface area contributed by atoms with Gasteiger partial charge in [-0.1, -0.05) is 0 Å². The highest BCUT2D eigenvalue weighted by molar-refractivity contribution is 4.78. The van der Waals surface area contributed by atoms with Crippen LogP contribution in [0.5, 0.6) is 0 Å². The van der Waals surface area contributed by atoms with Crippen molar-refractivity contribution in [3.8, 4) is 0 Å². The Balaban J connectivity index is 2.36. The van der Waals surface area contributed by atoms with Crippen LogP contribution in [0.25, 0.3) is 0 Å². The maximum atomic E-state index is 9.21. The number of aliphatic hydroxyl groups excluding tert-OH is 3. The zero-order valence-electron chi connectivity index (χ0n) is 9.44. The first-order valence-electron chi connectivity index (χ1n) is 6.12. The Morgan fingerprint density at radius 1 is 0.733 bits per heavy atom. The number of hydrogen-bond acceptors (Lipinski definition) is 3. The highest BCUT2D eigenvalue weighted by Gasteiger charge is 2.27. The molecule has 3 N–H and O–H groups in total. The van der Waals surface area contributed by atoms with Gasteiger partial charge < -0.3 is 15.3 Å². The molecule has 15 heavy (non-hydrogen) atoms. The highest BCUT2D eigenvalue weighted by atomic mass is 16.3. The summed E-state index contributed by atoms with van der Waals surface area (Å²) in [7, 11) is 0. The molecule has 0 aromatic carbocycles. The second-order valence-corrected chi connectivity index (χ2v) is 4.87. The van der Waals surface area contributed by atoms with E-state index in [0.717, 1.165) is 38.5 Å². The van der Waals surface area contributed by atoms with Crippen molar-refractivity contribution in [2.24, 2.45) is 17.8 Å². The molecular weight excluding hydrogens is 192 g/mol. The van der Waals surface area contributed by atoms with E-state index in [0.29, 0.717) is 17.8 Å². The molecule has 1 rings (SSSR count). The fraction of sp³-hybridized carbons (Fsp3) is 1.00. The van der Waals surface area contributed by atoms with Crippen molar-refractivity contribution >= 4 is 0 Å². The van der Waals surface area contributed by atoms with E-state index < -0.39 is 0 Å². The Kier molecular flexibility index (Phi) is 6.22. The number of rotatable bonds is 6. The summed E-state index contributed by atoms with van der Waals surface area (Å²) < 4.78 is 0. The topological polar surface area (TPSA) is 60.7 Å². The van der Waals surface area contributed by atoms with Crippen LogP contribution in [-0.2, 0) is 0 Å². The molecule has 3 atom stereocenters. The van der Waals surface area contributed by atoms with Crippen LogP contribution in [-0.4, -0.2) is 35.1 Å². The van der Waals surface area contributed by atoms with Crippen molar-refractivity contribution in [1.29, 1.82) is 0 Å². The minimum atomic E-state index is 0.259. The lowest BCUT2D eigenvalue weighted by atomic mass is 9.73. The number of aliphatic hydroxyl groups is 3. The molecule has 0 amide bonds. The normalized spacial score (nSPS) is 31.8. The predicted octanol–water partition coefficient (Wildman–Crippen LogP) is 1.17. The molecule has 1 aliphatic rings. The summed E-state index contributed by atoms with van der Waals surface area (Å²) in [6.07, 6.45) is 6.12. The van der Waals surface area contributed by atoms with Crippen molar-refractivity contribution in [3.63, 3.8) is 0 Å². The van der Waals surface area contributed by atoms with Gasteiger partial charge in [-0.05, 0) is 56.3 Å². The average Bonchev–Trinajstić information content (AvgIpc) is 2.26. The van der Waals surface area contributed by atoms with E-state index in [1.165, 1.54) is 0 Å². The van der Waals surface area contributed by atoms with Gasteiger partial charge in [-0.25, -0.2) is 0 Å². The van der Waals surface area contributed by atoms with Crippen molar-refractivity contribution in [2.75, 3.05) is 19.8 Å².